The zero-order valence-corrected chi connectivity index (χ0v) is 10.2. The van der Waals surface area contributed by atoms with Gasteiger partial charge in [0.2, 0.25) is 5.91 Å². The molecule has 0 unspecified atom stereocenters. The van der Waals surface area contributed by atoms with Crippen LogP contribution < -0.4 is 10.6 Å². The third-order valence-electron chi connectivity index (χ3n) is 2.21. The summed E-state index contributed by atoms with van der Waals surface area (Å²) in [6, 6.07) is 1.89. The first-order valence-corrected chi connectivity index (χ1v) is 5.76. The number of hydrogen-bond acceptors (Lipinski definition) is 4. The van der Waals surface area contributed by atoms with Crippen LogP contribution in [0.25, 0.3) is 0 Å². The minimum Gasteiger partial charge on any atom is -0.383 e. The van der Waals surface area contributed by atoms with Crippen LogP contribution in [0.4, 0.5) is 0 Å². The predicted molar refractivity (Wildman–Crippen MR) is 64.6 cm³/mol. The Hall–Kier alpha value is -1.40. The Morgan fingerprint density at radius 2 is 2.35 bits per heavy atom. The maximum Gasteiger partial charge on any atom is 0.233 e. The van der Waals surface area contributed by atoms with E-state index in [0.717, 1.165) is 13.0 Å². The number of ether oxygens (including phenoxy) is 1. The molecule has 0 aliphatic carbocycles. The van der Waals surface area contributed by atoms with Gasteiger partial charge in [-0.05, 0) is 12.5 Å². The molecule has 0 bridgehead atoms. The van der Waals surface area contributed by atoms with Crippen LogP contribution in [0.1, 0.15) is 6.42 Å². The van der Waals surface area contributed by atoms with Gasteiger partial charge in [-0.15, -0.1) is 0 Å². The molecule has 0 atom stereocenters. The highest BCUT2D eigenvalue weighted by Crippen LogP contribution is 1.87. The van der Waals surface area contributed by atoms with Crippen LogP contribution in [0.3, 0.4) is 0 Å². The Morgan fingerprint density at radius 1 is 1.47 bits per heavy atom. The molecule has 2 N–H and O–H groups in total. The van der Waals surface area contributed by atoms with Gasteiger partial charge in [0.15, 0.2) is 0 Å². The van der Waals surface area contributed by atoms with Gasteiger partial charge in [-0.25, -0.2) is 0 Å². The molecule has 96 valence electrons. The fourth-order valence-corrected chi connectivity index (χ4v) is 1.34. The van der Waals surface area contributed by atoms with E-state index in [9.17, 15) is 4.79 Å². The molecular formula is C11H20N4O2. The fraction of sp³-hybridized carbons (Fsp3) is 0.636. The molecule has 0 saturated heterocycles. The van der Waals surface area contributed by atoms with Crippen molar-refractivity contribution in [2.45, 2.75) is 13.0 Å². The lowest BCUT2D eigenvalue weighted by atomic mass is 10.4. The van der Waals surface area contributed by atoms with Crippen molar-refractivity contribution >= 4 is 5.91 Å². The van der Waals surface area contributed by atoms with E-state index in [4.69, 9.17) is 4.74 Å². The molecule has 0 spiro atoms. The highest BCUT2D eigenvalue weighted by Gasteiger charge is 1.99. The summed E-state index contributed by atoms with van der Waals surface area (Å²) in [4.78, 5) is 11.3. The molecule has 1 rings (SSSR count). The van der Waals surface area contributed by atoms with Crippen LogP contribution in [0.15, 0.2) is 18.5 Å². The van der Waals surface area contributed by atoms with Crippen molar-refractivity contribution < 1.29 is 9.53 Å². The van der Waals surface area contributed by atoms with Crippen LogP contribution in [-0.4, -0.2) is 49.0 Å². The summed E-state index contributed by atoms with van der Waals surface area (Å²) in [7, 11) is 1.64. The number of carbonyl (C=O) groups excluding carboxylic acids is 1. The summed E-state index contributed by atoms with van der Waals surface area (Å²) >= 11 is 0. The molecule has 17 heavy (non-hydrogen) atoms. The lowest BCUT2D eigenvalue weighted by Crippen LogP contribution is -2.35. The lowest BCUT2D eigenvalue weighted by Gasteiger charge is -2.06. The maximum absolute atomic E-state index is 11.3. The van der Waals surface area contributed by atoms with Crippen LogP contribution >= 0.6 is 0 Å². The van der Waals surface area contributed by atoms with Gasteiger partial charge in [-0.1, -0.05) is 0 Å². The average Bonchev–Trinajstić information content (AvgIpc) is 2.83. The first-order chi connectivity index (χ1) is 8.33. The van der Waals surface area contributed by atoms with Crippen LogP contribution in [0.2, 0.25) is 0 Å². The molecule has 0 aliphatic heterocycles. The van der Waals surface area contributed by atoms with Gasteiger partial charge in [0.1, 0.15) is 0 Å². The molecule has 1 amide bonds. The minimum atomic E-state index is 0.0153. The number of methoxy groups -OCH3 is 1. The van der Waals surface area contributed by atoms with Gasteiger partial charge in [-0.3, -0.25) is 9.48 Å². The molecule has 1 aromatic rings. The van der Waals surface area contributed by atoms with Crippen LogP contribution in [-0.2, 0) is 16.1 Å². The van der Waals surface area contributed by atoms with E-state index in [1.807, 2.05) is 16.9 Å². The zero-order chi connectivity index (χ0) is 12.3. The molecule has 1 heterocycles. The second-order valence-corrected chi connectivity index (χ2v) is 3.64. The van der Waals surface area contributed by atoms with Gasteiger partial charge in [-0.2, -0.15) is 5.10 Å². The van der Waals surface area contributed by atoms with Gasteiger partial charge >= 0.3 is 0 Å². The van der Waals surface area contributed by atoms with Gasteiger partial charge < -0.3 is 15.4 Å². The number of carbonyl (C=O) groups is 1. The number of aryl methyl sites for hydroxylation is 1. The molecule has 0 fully saturated rings. The van der Waals surface area contributed by atoms with Gasteiger partial charge in [0, 0.05) is 39.1 Å². The van der Waals surface area contributed by atoms with Crippen molar-refractivity contribution in [2.24, 2.45) is 0 Å². The van der Waals surface area contributed by atoms with Crippen molar-refractivity contribution in [3.8, 4) is 0 Å². The van der Waals surface area contributed by atoms with Crippen molar-refractivity contribution in [1.82, 2.24) is 20.4 Å². The van der Waals surface area contributed by atoms with E-state index >= 15 is 0 Å². The Kier molecular flexibility index (Phi) is 7.01. The Morgan fingerprint density at radius 3 is 3.06 bits per heavy atom. The highest BCUT2D eigenvalue weighted by atomic mass is 16.5. The molecule has 0 saturated carbocycles. The second-order valence-electron chi connectivity index (χ2n) is 3.64. The number of hydrogen-bond donors (Lipinski definition) is 2. The fourth-order valence-electron chi connectivity index (χ4n) is 1.34. The normalized spacial score (nSPS) is 10.4. The van der Waals surface area contributed by atoms with E-state index in [0.29, 0.717) is 26.2 Å². The summed E-state index contributed by atoms with van der Waals surface area (Å²) in [6.45, 7) is 3.14. The number of nitrogens with one attached hydrogen (secondary N) is 2. The summed E-state index contributed by atoms with van der Waals surface area (Å²) < 4.78 is 6.71. The molecule has 0 radical (unpaired) electrons. The van der Waals surface area contributed by atoms with Crippen molar-refractivity contribution in [2.75, 3.05) is 33.4 Å². The van der Waals surface area contributed by atoms with Crippen molar-refractivity contribution in [3.63, 3.8) is 0 Å². The van der Waals surface area contributed by atoms with E-state index < -0.39 is 0 Å². The Balaban J connectivity index is 1.93. The molecule has 0 aliphatic rings. The first kappa shape index (κ1) is 13.7. The monoisotopic (exact) mass is 240 g/mol. The molecule has 0 aromatic carbocycles. The first-order valence-electron chi connectivity index (χ1n) is 5.76. The highest BCUT2D eigenvalue weighted by molar-refractivity contribution is 5.77. The largest absolute Gasteiger partial charge is 0.383 e. The van der Waals surface area contributed by atoms with Gasteiger partial charge in [0.25, 0.3) is 0 Å². The third kappa shape index (κ3) is 6.70. The summed E-state index contributed by atoms with van der Waals surface area (Å²) in [5, 5.41) is 9.91. The van der Waals surface area contributed by atoms with Crippen LogP contribution in [0, 0.1) is 0 Å². The molecule has 6 heteroatoms. The Bertz CT molecular complexity index is 300. The number of rotatable bonds is 9. The van der Waals surface area contributed by atoms with E-state index in [-0.39, 0.29) is 5.91 Å². The predicted octanol–water partition coefficient (Wildman–Crippen LogP) is -0.375. The summed E-state index contributed by atoms with van der Waals surface area (Å²) in [6.07, 6.45) is 4.54. The molecule has 6 nitrogen and oxygen atoms in total. The third-order valence-corrected chi connectivity index (χ3v) is 2.21. The van der Waals surface area contributed by atoms with Gasteiger partial charge in [0.05, 0.1) is 13.2 Å². The zero-order valence-electron chi connectivity index (χ0n) is 10.2. The van der Waals surface area contributed by atoms with E-state index in [1.54, 1.807) is 13.3 Å². The van der Waals surface area contributed by atoms with E-state index in [2.05, 4.69) is 15.7 Å². The van der Waals surface area contributed by atoms with Crippen molar-refractivity contribution in [1.29, 1.82) is 0 Å². The molecule has 1 aromatic heterocycles. The lowest BCUT2D eigenvalue weighted by molar-refractivity contribution is -0.120. The average molecular weight is 240 g/mol. The second kappa shape index (κ2) is 8.72. The Labute approximate surface area is 101 Å². The molecular weight excluding hydrogens is 220 g/mol. The van der Waals surface area contributed by atoms with Crippen molar-refractivity contribution in [3.05, 3.63) is 18.5 Å². The minimum absolute atomic E-state index is 0.0153. The maximum atomic E-state index is 11.3. The smallest absolute Gasteiger partial charge is 0.233 e. The summed E-state index contributed by atoms with van der Waals surface area (Å²) in [5.41, 5.74) is 0. The number of amides is 1. The quantitative estimate of drug-likeness (QED) is 0.578. The van der Waals surface area contributed by atoms with Crippen LogP contribution in [0.5, 0.6) is 0 Å². The number of nitrogens with zero attached hydrogens (tertiary/aromatic N) is 2. The SMILES string of the molecule is COCCNCC(=O)NCCCn1cccn1. The topological polar surface area (TPSA) is 68.2 Å². The summed E-state index contributed by atoms with van der Waals surface area (Å²) in [5.74, 6) is 0.0153. The van der Waals surface area contributed by atoms with E-state index in [1.165, 1.54) is 0 Å². The number of aromatic nitrogens is 2. The standard InChI is InChI=1S/C11H20N4O2/c1-17-9-6-12-10-11(16)13-4-2-7-15-8-3-5-14-15/h3,5,8,12H,2,4,6-7,9-10H2,1H3,(H,13,16).